The molecule has 7 nitrogen and oxygen atoms in total. The molecule has 0 aromatic carbocycles. The molecule has 0 amide bonds. The number of ether oxygens (including phenoxy) is 2. The van der Waals surface area contributed by atoms with E-state index < -0.39 is 9.84 Å². The predicted molar refractivity (Wildman–Crippen MR) is 108 cm³/mol. The third kappa shape index (κ3) is 9.38. The van der Waals surface area contributed by atoms with Crippen molar-refractivity contribution < 1.29 is 17.9 Å². The molecule has 0 aromatic rings. The molecule has 1 aliphatic rings. The molecule has 144 valence electrons. The summed E-state index contributed by atoms with van der Waals surface area (Å²) in [7, 11) is -1.30. The van der Waals surface area contributed by atoms with Crippen molar-refractivity contribution in [2.45, 2.75) is 20.3 Å². The second-order valence-corrected chi connectivity index (χ2v) is 8.11. The highest BCUT2D eigenvalue weighted by atomic mass is 127. The van der Waals surface area contributed by atoms with E-state index in [9.17, 15) is 8.42 Å². The molecular formula is C15H32IN3O4S. The summed E-state index contributed by atoms with van der Waals surface area (Å²) in [6, 6.07) is 0. The molecule has 1 rings (SSSR count). The van der Waals surface area contributed by atoms with Gasteiger partial charge in [-0.25, -0.2) is 8.42 Å². The molecule has 1 heterocycles. The summed E-state index contributed by atoms with van der Waals surface area (Å²) in [4.78, 5) is 6.65. The van der Waals surface area contributed by atoms with Gasteiger partial charge in [0.25, 0.3) is 0 Å². The molecule has 1 fully saturated rings. The maximum atomic E-state index is 11.6. The van der Waals surface area contributed by atoms with Crippen LogP contribution >= 0.6 is 24.0 Å². The Morgan fingerprint density at radius 2 is 2.08 bits per heavy atom. The SMILES string of the molecule is CCNC(=NCCS(=O)(=O)CC)N1CCC(COCCOC)C1.I. The lowest BCUT2D eigenvalue weighted by molar-refractivity contribution is 0.0536. The van der Waals surface area contributed by atoms with E-state index in [0.717, 1.165) is 38.6 Å². The highest BCUT2D eigenvalue weighted by molar-refractivity contribution is 14.0. The topological polar surface area (TPSA) is 80.2 Å². The average molecular weight is 477 g/mol. The van der Waals surface area contributed by atoms with Crippen LogP contribution in [0.25, 0.3) is 0 Å². The zero-order valence-electron chi connectivity index (χ0n) is 15.0. The third-order valence-corrected chi connectivity index (χ3v) is 5.49. The molecule has 1 atom stereocenters. The normalized spacial score (nSPS) is 18.5. The molecule has 0 spiro atoms. The number of rotatable bonds is 10. The van der Waals surface area contributed by atoms with E-state index in [1.165, 1.54) is 0 Å². The van der Waals surface area contributed by atoms with Crippen molar-refractivity contribution in [2.24, 2.45) is 10.9 Å². The molecule has 0 saturated carbocycles. The smallest absolute Gasteiger partial charge is 0.193 e. The summed E-state index contributed by atoms with van der Waals surface area (Å²) in [6.45, 7) is 8.53. The number of methoxy groups -OCH3 is 1. The number of guanidine groups is 1. The number of likely N-dealkylation sites (tertiary alicyclic amines) is 1. The van der Waals surface area contributed by atoms with Crippen molar-refractivity contribution >= 4 is 39.8 Å². The van der Waals surface area contributed by atoms with Gasteiger partial charge in [-0.2, -0.15) is 0 Å². The molecular weight excluding hydrogens is 445 g/mol. The Labute approximate surface area is 163 Å². The van der Waals surface area contributed by atoms with Crippen molar-refractivity contribution in [3.05, 3.63) is 0 Å². The van der Waals surface area contributed by atoms with Gasteiger partial charge in [-0.15, -0.1) is 24.0 Å². The average Bonchev–Trinajstić information content (AvgIpc) is 2.99. The first-order valence-electron chi connectivity index (χ1n) is 8.32. The van der Waals surface area contributed by atoms with Crippen molar-refractivity contribution in [3.8, 4) is 0 Å². The van der Waals surface area contributed by atoms with E-state index in [1.807, 2.05) is 6.92 Å². The number of nitrogens with zero attached hydrogens (tertiary/aromatic N) is 2. The number of aliphatic imine (C=N–C) groups is 1. The monoisotopic (exact) mass is 477 g/mol. The molecule has 1 aliphatic heterocycles. The fourth-order valence-corrected chi connectivity index (χ4v) is 3.07. The van der Waals surface area contributed by atoms with E-state index in [-0.39, 0.29) is 35.5 Å². The van der Waals surface area contributed by atoms with Crippen LogP contribution in [0.2, 0.25) is 0 Å². The van der Waals surface area contributed by atoms with Gasteiger partial charge in [0.2, 0.25) is 0 Å². The van der Waals surface area contributed by atoms with E-state index in [4.69, 9.17) is 9.47 Å². The molecule has 0 aliphatic carbocycles. The molecule has 0 bridgehead atoms. The van der Waals surface area contributed by atoms with E-state index >= 15 is 0 Å². The van der Waals surface area contributed by atoms with Gasteiger partial charge < -0.3 is 19.7 Å². The maximum absolute atomic E-state index is 11.6. The quantitative estimate of drug-likeness (QED) is 0.219. The number of nitrogens with one attached hydrogen (secondary N) is 1. The van der Waals surface area contributed by atoms with Crippen LogP contribution in [-0.4, -0.2) is 83.9 Å². The number of hydrogen-bond acceptors (Lipinski definition) is 5. The molecule has 1 saturated heterocycles. The van der Waals surface area contributed by atoms with E-state index in [0.29, 0.717) is 25.7 Å². The predicted octanol–water partition coefficient (Wildman–Crippen LogP) is 0.990. The maximum Gasteiger partial charge on any atom is 0.193 e. The first-order valence-corrected chi connectivity index (χ1v) is 10.1. The van der Waals surface area contributed by atoms with Crippen LogP contribution in [0, 0.1) is 5.92 Å². The van der Waals surface area contributed by atoms with Gasteiger partial charge in [0.1, 0.15) is 0 Å². The van der Waals surface area contributed by atoms with Crippen molar-refractivity contribution in [1.82, 2.24) is 10.2 Å². The van der Waals surface area contributed by atoms with Gasteiger partial charge in [-0.3, -0.25) is 4.99 Å². The summed E-state index contributed by atoms with van der Waals surface area (Å²) >= 11 is 0. The van der Waals surface area contributed by atoms with Gasteiger partial charge in [-0.1, -0.05) is 6.92 Å². The Morgan fingerprint density at radius 1 is 1.33 bits per heavy atom. The molecule has 24 heavy (non-hydrogen) atoms. The van der Waals surface area contributed by atoms with Crippen LogP contribution < -0.4 is 5.32 Å². The minimum absolute atomic E-state index is 0. The number of halogens is 1. The Hall–Kier alpha value is -0.130. The largest absolute Gasteiger partial charge is 0.382 e. The fourth-order valence-electron chi connectivity index (χ4n) is 2.41. The Kier molecular flexibility index (Phi) is 13.1. The summed E-state index contributed by atoms with van der Waals surface area (Å²) in [5.41, 5.74) is 0. The van der Waals surface area contributed by atoms with Gasteiger partial charge in [0.15, 0.2) is 15.8 Å². The number of sulfone groups is 1. The Bertz CT molecular complexity index is 460. The standard InChI is InChI=1S/C15H31N3O4S.HI/c1-4-16-15(17-7-11-23(19,20)5-2)18-8-6-14(12-18)13-22-10-9-21-3;/h14H,4-13H2,1-3H3,(H,16,17);1H. The third-order valence-electron chi connectivity index (χ3n) is 3.81. The van der Waals surface area contributed by atoms with Crippen LogP contribution in [-0.2, 0) is 19.3 Å². The van der Waals surface area contributed by atoms with Crippen LogP contribution in [0.5, 0.6) is 0 Å². The van der Waals surface area contributed by atoms with Crippen LogP contribution in [0.3, 0.4) is 0 Å². The zero-order valence-corrected chi connectivity index (χ0v) is 18.1. The first kappa shape index (κ1) is 23.9. The molecule has 0 radical (unpaired) electrons. The van der Waals surface area contributed by atoms with Crippen LogP contribution in [0.1, 0.15) is 20.3 Å². The summed E-state index contributed by atoms with van der Waals surface area (Å²) in [5.74, 6) is 1.56. The van der Waals surface area contributed by atoms with E-state index in [1.54, 1.807) is 14.0 Å². The minimum Gasteiger partial charge on any atom is -0.382 e. The molecule has 0 aromatic heterocycles. The minimum atomic E-state index is -2.97. The Balaban J connectivity index is 0.00000529. The van der Waals surface area contributed by atoms with Crippen LogP contribution in [0.15, 0.2) is 4.99 Å². The van der Waals surface area contributed by atoms with Gasteiger partial charge >= 0.3 is 0 Å². The van der Waals surface area contributed by atoms with E-state index in [2.05, 4.69) is 15.2 Å². The van der Waals surface area contributed by atoms with Crippen LogP contribution in [0.4, 0.5) is 0 Å². The van der Waals surface area contributed by atoms with Gasteiger partial charge in [0, 0.05) is 38.4 Å². The van der Waals surface area contributed by atoms with Crippen molar-refractivity contribution in [2.75, 3.05) is 64.6 Å². The fraction of sp³-hybridized carbons (Fsp3) is 0.933. The summed E-state index contributed by atoms with van der Waals surface area (Å²) in [6.07, 6.45) is 1.06. The lowest BCUT2D eigenvalue weighted by atomic mass is 10.1. The lowest BCUT2D eigenvalue weighted by Gasteiger charge is -2.21. The Morgan fingerprint density at radius 3 is 2.71 bits per heavy atom. The van der Waals surface area contributed by atoms with Crippen molar-refractivity contribution in [1.29, 1.82) is 0 Å². The van der Waals surface area contributed by atoms with Gasteiger partial charge in [-0.05, 0) is 13.3 Å². The molecule has 1 N–H and O–H groups in total. The summed E-state index contributed by atoms with van der Waals surface area (Å²) in [5, 5.41) is 3.25. The molecule has 1 unspecified atom stereocenters. The second-order valence-electron chi connectivity index (χ2n) is 5.64. The summed E-state index contributed by atoms with van der Waals surface area (Å²) < 4.78 is 33.7. The highest BCUT2D eigenvalue weighted by Crippen LogP contribution is 2.16. The first-order chi connectivity index (χ1) is 11.0. The lowest BCUT2D eigenvalue weighted by Crippen LogP contribution is -2.40. The molecule has 9 heteroatoms. The highest BCUT2D eigenvalue weighted by Gasteiger charge is 2.25. The zero-order chi connectivity index (χ0) is 17.1. The number of hydrogen-bond donors (Lipinski definition) is 1. The van der Waals surface area contributed by atoms with Crippen molar-refractivity contribution in [3.63, 3.8) is 0 Å². The van der Waals surface area contributed by atoms with Gasteiger partial charge in [0.05, 0.1) is 32.1 Å². The second kappa shape index (κ2) is 13.1.